The molecule has 3 aliphatic rings. The van der Waals surface area contributed by atoms with E-state index in [4.69, 9.17) is 4.74 Å². The van der Waals surface area contributed by atoms with Crippen LogP contribution in [0.15, 0.2) is 53.2 Å². The molecule has 10 heteroatoms. The first kappa shape index (κ1) is 25.4. The average molecular weight is 507 g/mol. The third kappa shape index (κ3) is 6.18. The monoisotopic (exact) mass is 506 g/mol. The van der Waals surface area contributed by atoms with Gasteiger partial charge in [0.1, 0.15) is 18.3 Å². The van der Waals surface area contributed by atoms with Gasteiger partial charge in [-0.15, -0.1) is 0 Å². The number of aliphatic imine (C=N–C) groups is 1. The summed E-state index contributed by atoms with van der Waals surface area (Å²) in [5, 5.41) is 17.3. The van der Waals surface area contributed by atoms with E-state index in [2.05, 4.69) is 36.3 Å². The normalized spacial score (nSPS) is 21.5. The zero-order chi connectivity index (χ0) is 25.8. The van der Waals surface area contributed by atoms with Crippen molar-refractivity contribution in [3.63, 3.8) is 0 Å². The van der Waals surface area contributed by atoms with E-state index in [0.29, 0.717) is 13.1 Å². The second-order valence-corrected chi connectivity index (χ2v) is 10.3. The highest BCUT2D eigenvalue weighted by atomic mass is 19.1. The third-order valence-corrected chi connectivity index (χ3v) is 7.11. The number of aromatic amines is 1. The summed E-state index contributed by atoms with van der Waals surface area (Å²) in [6, 6.07) is 4.30. The lowest BCUT2D eigenvalue weighted by Crippen LogP contribution is -2.41. The molecule has 0 bridgehead atoms. The number of fused-ring (bicyclic) bond motifs is 1. The van der Waals surface area contributed by atoms with Gasteiger partial charge in [-0.1, -0.05) is 5.57 Å². The lowest BCUT2D eigenvalue weighted by molar-refractivity contribution is -0.0255. The number of aromatic nitrogens is 3. The summed E-state index contributed by atoms with van der Waals surface area (Å²) < 4.78 is 22.3. The first-order chi connectivity index (χ1) is 18.0. The standard InChI is InChI=1S/C27H35FN8O/c1-34(2)15-19-11-21(28)13-24(12-19)37-23-5-9-35(10-6-23)17-22(3-7-29)36-16-20(14-33-36)26-25-4-8-30-27(25)32-18-31-26/h4,8,11,13-14,16,22-24,30,32H,3,5-6,9-10,12,15,17-18H2,1-2H3. The van der Waals surface area contributed by atoms with E-state index >= 15 is 0 Å². The Kier molecular flexibility index (Phi) is 7.84. The molecule has 5 rings (SSSR count). The van der Waals surface area contributed by atoms with Crippen LogP contribution in [0.4, 0.5) is 10.2 Å². The number of likely N-dealkylation sites (tertiary alicyclic amines) is 1. The van der Waals surface area contributed by atoms with Gasteiger partial charge in [-0.25, -0.2) is 4.39 Å². The van der Waals surface area contributed by atoms with Gasteiger partial charge in [0.05, 0.1) is 42.6 Å². The number of piperidine rings is 1. The molecule has 9 nitrogen and oxygen atoms in total. The quantitative estimate of drug-likeness (QED) is 0.541. The number of hydrogen-bond acceptors (Lipinski definition) is 7. The molecule has 0 aromatic carbocycles. The highest BCUT2D eigenvalue weighted by Gasteiger charge is 2.27. The molecule has 2 aromatic rings. The Balaban J connectivity index is 1.16. The summed E-state index contributed by atoms with van der Waals surface area (Å²) in [6.45, 7) is 3.77. The van der Waals surface area contributed by atoms with Crippen LogP contribution in [-0.2, 0) is 4.74 Å². The predicted molar refractivity (Wildman–Crippen MR) is 141 cm³/mol. The molecular formula is C27H35FN8O. The van der Waals surface area contributed by atoms with Gasteiger partial charge >= 0.3 is 0 Å². The van der Waals surface area contributed by atoms with Crippen LogP contribution in [0.2, 0.25) is 0 Å². The van der Waals surface area contributed by atoms with Crippen LogP contribution in [0.25, 0.3) is 0 Å². The molecule has 0 amide bonds. The van der Waals surface area contributed by atoms with E-state index < -0.39 is 0 Å². The lowest BCUT2D eigenvalue weighted by Gasteiger charge is -2.35. The van der Waals surface area contributed by atoms with E-state index in [1.165, 1.54) is 0 Å². The van der Waals surface area contributed by atoms with Gasteiger partial charge in [0.25, 0.3) is 0 Å². The van der Waals surface area contributed by atoms with Gasteiger partial charge in [-0.05, 0) is 51.6 Å². The Hall–Kier alpha value is -3.26. The fourth-order valence-corrected chi connectivity index (χ4v) is 5.42. The van der Waals surface area contributed by atoms with Crippen LogP contribution >= 0.6 is 0 Å². The number of halogens is 1. The van der Waals surface area contributed by atoms with Crippen molar-refractivity contribution in [2.24, 2.45) is 4.99 Å². The highest BCUT2D eigenvalue weighted by molar-refractivity contribution is 6.16. The Morgan fingerprint density at radius 2 is 2.16 bits per heavy atom. The Bertz CT molecular complexity index is 1210. The van der Waals surface area contributed by atoms with Crippen LogP contribution < -0.4 is 5.32 Å². The van der Waals surface area contributed by atoms with E-state index in [1.54, 1.807) is 12.2 Å². The third-order valence-electron chi connectivity index (χ3n) is 7.11. The van der Waals surface area contributed by atoms with Gasteiger partial charge in [-0.3, -0.25) is 9.67 Å². The zero-order valence-electron chi connectivity index (χ0n) is 21.5. The Labute approximate surface area is 217 Å². The molecule has 37 heavy (non-hydrogen) atoms. The van der Waals surface area contributed by atoms with Crippen LogP contribution in [0.5, 0.6) is 0 Å². The van der Waals surface area contributed by atoms with Crippen molar-refractivity contribution in [2.75, 3.05) is 52.3 Å². The minimum absolute atomic E-state index is 0.0432. The van der Waals surface area contributed by atoms with Crippen LogP contribution in [-0.4, -0.2) is 89.4 Å². The fraction of sp³-hybridized carbons (Fsp3) is 0.519. The smallest absolute Gasteiger partial charge is 0.121 e. The summed E-state index contributed by atoms with van der Waals surface area (Å²) >= 11 is 0. The first-order valence-corrected chi connectivity index (χ1v) is 13.0. The van der Waals surface area contributed by atoms with Crippen molar-refractivity contribution in [3.05, 3.63) is 59.3 Å². The summed E-state index contributed by atoms with van der Waals surface area (Å²) in [5.41, 5.74) is 3.95. The van der Waals surface area contributed by atoms with Crippen molar-refractivity contribution in [3.8, 4) is 6.07 Å². The molecule has 2 unspecified atom stereocenters. The number of likely N-dealkylation sites (N-methyl/N-ethyl adjacent to an activating group) is 1. The van der Waals surface area contributed by atoms with E-state index in [0.717, 1.165) is 73.7 Å². The van der Waals surface area contributed by atoms with Gasteiger partial charge in [0, 0.05) is 49.7 Å². The van der Waals surface area contributed by atoms with Gasteiger partial charge in [0.15, 0.2) is 0 Å². The molecule has 2 atom stereocenters. The molecule has 0 saturated carbocycles. The molecule has 0 radical (unpaired) electrons. The summed E-state index contributed by atoms with van der Waals surface area (Å²) in [6.07, 6.45) is 11.8. The number of nitriles is 1. The Morgan fingerprint density at radius 3 is 2.95 bits per heavy atom. The summed E-state index contributed by atoms with van der Waals surface area (Å²) in [4.78, 5) is 12.3. The number of hydrogen-bond donors (Lipinski definition) is 2. The zero-order valence-corrected chi connectivity index (χ0v) is 21.5. The molecular weight excluding hydrogens is 471 g/mol. The molecule has 0 spiro atoms. The number of nitrogens with one attached hydrogen (secondary N) is 2. The van der Waals surface area contributed by atoms with Gasteiger partial charge in [0.2, 0.25) is 0 Å². The highest BCUT2D eigenvalue weighted by Crippen LogP contribution is 2.27. The number of allylic oxidation sites excluding steroid dienone is 2. The van der Waals surface area contributed by atoms with E-state index in [1.807, 2.05) is 43.4 Å². The van der Waals surface area contributed by atoms with Crippen molar-refractivity contribution in [1.29, 1.82) is 5.26 Å². The summed E-state index contributed by atoms with van der Waals surface area (Å²) in [5.74, 6) is 0.763. The van der Waals surface area contributed by atoms with Gasteiger partial charge < -0.3 is 24.8 Å². The number of ether oxygens (including phenoxy) is 1. The number of H-pyrrole nitrogens is 1. The summed E-state index contributed by atoms with van der Waals surface area (Å²) in [7, 11) is 3.98. The van der Waals surface area contributed by atoms with Crippen molar-refractivity contribution >= 4 is 11.5 Å². The molecule has 1 saturated heterocycles. The molecule has 1 aliphatic carbocycles. The van der Waals surface area contributed by atoms with Crippen LogP contribution in [0, 0.1) is 11.3 Å². The number of nitrogens with zero attached hydrogens (tertiary/aromatic N) is 6. The molecule has 1 fully saturated rings. The minimum Gasteiger partial charge on any atom is -0.370 e. The molecule has 2 aromatic heterocycles. The second kappa shape index (κ2) is 11.4. The number of rotatable bonds is 9. The number of anilines is 1. The maximum atomic E-state index is 14.1. The fourth-order valence-electron chi connectivity index (χ4n) is 5.42. The Morgan fingerprint density at radius 1 is 1.32 bits per heavy atom. The average Bonchev–Trinajstić information content (AvgIpc) is 3.54. The second-order valence-electron chi connectivity index (χ2n) is 10.3. The minimum atomic E-state index is -0.205. The maximum absolute atomic E-state index is 14.1. The first-order valence-electron chi connectivity index (χ1n) is 13.0. The van der Waals surface area contributed by atoms with Crippen molar-refractivity contribution < 1.29 is 9.13 Å². The van der Waals surface area contributed by atoms with Gasteiger partial charge in [-0.2, -0.15) is 10.4 Å². The largest absolute Gasteiger partial charge is 0.370 e. The van der Waals surface area contributed by atoms with Crippen LogP contribution in [0.1, 0.15) is 42.9 Å². The van der Waals surface area contributed by atoms with E-state index in [-0.39, 0.29) is 24.1 Å². The van der Waals surface area contributed by atoms with Crippen LogP contribution in [0.3, 0.4) is 0 Å². The lowest BCUT2D eigenvalue weighted by atomic mass is 10.00. The molecule has 4 heterocycles. The SMILES string of the molecule is CN(C)CC1=CC(F)=CC(OC2CCN(CC(CC#N)n3cc(C4=NCNc5[nH]ccc54)cn3)CC2)C1. The molecule has 196 valence electrons. The molecule has 2 aliphatic heterocycles. The van der Waals surface area contributed by atoms with E-state index in [9.17, 15) is 9.65 Å². The predicted octanol–water partition coefficient (Wildman–Crippen LogP) is 3.48. The van der Waals surface area contributed by atoms with Crippen molar-refractivity contribution in [1.82, 2.24) is 24.6 Å². The van der Waals surface area contributed by atoms with Crippen molar-refractivity contribution in [2.45, 2.75) is 43.9 Å². The molecule has 2 N–H and O–H groups in total. The topological polar surface area (TPSA) is 97.5 Å². The maximum Gasteiger partial charge on any atom is 0.121 e.